The fourth-order valence-electron chi connectivity index (χ4n) is 17.9. The van der Waals surface area contributed by atoms with Gasteiger partial charge in [-0.2, -0.15) is 0 Å². The van der Waals surface area contributed by atoms with Crippen molar-refractivity contribution in [1.82, 2.24) is 0 Å². The summed E-state index contributed by atoms with van der Waals surface area (Å²) in [7, 11) is 0. The zero-order chi connectivity index (χ0) is 52.1. The molecule has 8 aliphatic carbocycles. The first-order valence-corrected chi connectivity index (χ1v) is 29.1. The largest absolute Gasteiger partial charge is 0.310 e. The summed E-state index contributed by atoms with van der Waals surface area (Å²) >= 11 is 0. The fraction of sp³-hybridized carbons (Fsp3) is 0.289. The molecule has 4 bridgehead atoms. The molecule has 0 N–H and O–H groups in total. The Morgan fingerprint density at radius 2 is 0.857 bits per heavy atom. The average molecular weight is 996 g/mol. The molecular weight excluding hydrogens is 927 g/mol. The maximum atomic E-state index is 2.71. The van der Waals surface area contributed by atoms with Crippen LogP contribution < -0.4 is 4.90 Å². The highest BCUT2D eigenvalue weighted by atomic mass is 15.1. The van der Waals surface area contributed by atoms with E-state index in [2.05, 4.69) is 248 Å². The summed E-state index contributed by atoms with van der Waals surface area (Å²) in [6.07, 6.45) is 6.90. The predicted molar refractivity (Wildman–Crippen MR) is 321 cm³/mol. The number of hydrogen-bond acceptors (Lipinski definition) is 1. The van der Waals surface area contributed by atoms with Crippen molar-refractivity contribution < 1.29 is 0 Å². The molecule has 0 amide bonds. The van der Waals surface area contributed by atoms with E-state index in [1.165, 1.54) is 149 Å². The van der Waals surface area contributed by atoms with E-state index in [1.807, 2.05) is 0 Å². The molecule has 9 aromatic rings. The van der Waals surface area contributed by atoms with Gasteiger partial charge in [0.05, 0.1) is 11.1 Å². The Bertz CT molecular complexity index is 3900. The van der Waals surface area contributed by atoms with Crippen LogP contribution in [0.3, 0.4) is 0 Å². The van der Waals surface area contributed by atoms with Crippen LogP contribution >= 0.6 is 0 Å². The van der Waals surface area contributed by atoms with Gasteiger partial charge in [0.25, 0.3) is 0 Å². The quantitative estimate of drug-likeness (QED) is 0.170. The summed E-state index contributed by atoms with van der Waals surface area (Å²) < 4.78 is 0. The second kappa shape index (κ2) is 15.5. The van der Waals surface area contributed by atoms with Gasteiger partial charge in [-0.15, -0.1) is 0 Å². The Morgan fingerprint density at radius 3 is 1.49 bits per heavy atom. The SMILES string of the molecule is CC(C)(C)c1ccc2c(c1)C1(c3cc(C(C)(C)C)ccc3-2)c2ccccc2-c2c(N(c3ccc(-c4cccc5c4C(C)(C)c4ccccc4-5)cc3)c3ccc4c(c3)C3(c5ccccc5-4)C4CC5CC(C4)CC3C5)cccc21. The van der Waals surface area contributed by atoms with Gasteiger partial charge in [0.15, 0.2) is 0 Å². The summed E-state index contributed by atoms with van der Waals surface area (Å²) in [4.78, 5) is 2.68. The summed E-state index contributed by atoms with van der Waals surface area (Å²) in [6, 6.07) is 74.7. The van der Waals surface area contributed by atoms with E-state index in [4.69, 9.17) is 0 Å². The third-order valence-electron chi connectivity index (χ3n) is 21.0. The number of anilines is 3. The molecule has 1 heteroatoms. The van der Waals surface area contributed by atoms with E-state index < -0.39 is 5.41 Å². The van der Waals surface area contributed by atoms with Crippen molar-refractivity contribution in [2.75, 3.05) is 4.90 Å². The van der Waals surface area contributed by atoms with E-state index in [-0.39, 0.29) is 21.7 Å². The van der Waals surface area contributed by atoms with Crippen molar-refractivity contribution in [2.24, 2.45) is 23.7 Å². The summed E-state index contributed by atoms with van der Waals surface area (Å²) in [6.45, 7) is 19.0. The lowest BCUT2D eigenvalue weighted by Crippen LogP contribution is -2.55. The minimum absolute atomic E-state index is 0.0191. The Labute approximate surface area is 457 Å². The minimum Gasteiger partial charge on any atom is -0.310 e. The molecular formula is C76H69N. The second-order valence-corrected chi connectivity index (χ2v) is 27.2. The molecule has 0 radical (unpaired) electrons. The standard InChI is InChI=1S/C76H69N/c1-72(2,3)48-29-34-57-58-35-30-49(73(4,5)6)43-67(58)76(66(57)42-48)64-24-14-11-19-61(64)70-65(76)25-16-26-69(70)77(52-31-27-47(28-32-52)54-20-15-21-60-56-18-9-12-22-62(56)74(7,8)71(54)60)53-33-36-59-55-17-10-13-23-63(55)75(68(59)44-53)50-38-45-37-46(40-50)41-51(75)39-45/h9-36,42-46,50-51H,37-41H2,1-8H3. The predicted octanol–water partition coefficient (Wildman–Crippen LogP) is 19.8. The van der Waals surface area contributed by atoms with Gasteiger partial charge >= 0.3 is 0 Å². The molecule has 0 aromatic heterocycles. The Kier molecular flexibility index (Phi) is 9.25. The lowest BCUT2D eigenvalue weighted by molar-refractivity contribution is -0.0399. The molecule has 8 aliphatic rings. The molecule has 0 atom stereocenters. The number of benzene rings is 9. The van der Waals surface area contributed by atoms with Gasteiger partial charge in [-0.1, -0.05) is 213 Å². The van der Waals surface area contributed by atoms with E-state index in [0.29, 0.717) is 11.8 Å². The van der Waals surface area contributed by atoms with Gasteiger partial charge in [-0.3, -0.25) is 0 Å². The van der Waals surface area contributed by atoms with Crippen molar-refractivity contribution in [3.8, 4) is 55.6 Å². The number of nitrogens with zero attached hydrogens (tertiary/aromatic N) is 1. The highest BCUT2D eigenvalue weighted by molar-refractivity contribution is 6.02. The van der Waals surface area contributed by atoms with Crippen LogP contribution in [0.15, 0.2) is 188 Å². The van der Waals surface area contributed by atoms with Crippen LogP contribution in [0, 0.1) is 23.7 Å². The van der Waals surface area contributed by atoms with E-state index in [0.717, 1.165) is 11.8 Å². The first-order valence-electron chi connectivity index (χ1n) is 29.1. The van der Waals surface area contributed by atoms with Crippen LogP contribution in [-0.4, -0.2) is 0 Å². The maximum Gasteiger partial charge on any atom is 0.0726 e. The van der Waals surface area contributed by atoms with Gasteiger partial charge in [-0.05, 0) is 203 Å². The summed E-state index contributed by atoms with van der Waals surface area (Å²) in [5.74, 6) is 3.12. The molecule has 0 aliphatic heterocycles. The second-order valence-electron chi connectivity index (χ2n) is 27.2. The van der Waals surface area contributed by atoms with Crippen LogP contribution in [-0.2, 0) is 27.1 Å². The molecule has 4 fully saturated rings. The Hall–Kier alpha value is -7.22. The minimum atomic E-state index is -0.507. The monoisotopic (exact) mass is 996 g/mol. The van der Waals surface area contributed by atoms with E-state index in [1.54, 1.807) is 11.1 Å². The van der Waals surface area contributed by atoms with Crippen molar-refractivity contribution >= 4 is 17.1 Å². The van der Waals surface area contributed by atoms with Crippen LogP contribution in [0.25, 0.3) is 55.6 Å². The van der Waals surface area contributed by atoms with Crippen molar-refractivity contribution in [3.63, 3.8) is 0 Å². The highest BCUT2D eigenvalue weighted by Gasteiger charge is 2.62. The van der Waals surface area contributed by atoms with Crippen molar-refractivity contribution in [1.29, 1.82) is 0 Å². The maximum absolute atomic E-state index is 2.71. The zero-order valence-corrected chi connectivity index (χ0v) is 46.2. The first-order chi connectivity index (χ1) is 37.2. The smallest absolute Gasteiger partial charge is 0.0726 e. The molecule has 4 saturated carbocycles. The molecule has 9 aromatic carbocycles. The highest BCUT2D eigenvalue weighted by Crippen LogP contribution is 2.71. The molecule has 77 heavy (non-hydrogen) atoms. The molecule has 2 spiro atoms. The summed E-state index contributed by atoms with van der Waals surface area (Å²) in [5.41, 5.74) is 31.0. The van der Waals surface area contributed by atoms with Crippen molar-refractivity contribution in [3.05, 3.63) is 244 Å². The topological polar surface area (TPSA) is 3.24 Å². The normalized spacial score (nSPS) is 22.5. The van der Waals surface area contributed by atoms with Crippen LogP contribution in [0.4, 0.5) is 17.1 Å². The number of hydrogen-bond donors (Lipinski definition) is 0. The van der Waals surface area contributed by atoms with Gasteiger partial charge in [0, 0.05) is 27.8 Å². The van der Waals surface area contributed by atoms with E-state index in [9.17, 15) is 0 Å². The zero-order valence-electron chi connectivity index (χ0n) is 46.2. The number of fused-ring (bicyclic) bond motifs is 16. The molecule has 17 rings (SSSR count). The van der Waals surface area contributed by atoms with Crippen LogP contribution in [0.2, 0.25) is 0 Å². The van der Waals surface area contributed by atoms with Crippen LogP contribution in [0.1, 0.15) is 143 Å². The molecule has 1 nitrogen and oxygen atoms in total. The van der Waals surface area contributed by atoms with Crippen molar-refractivity contribution in [2.45, 2.75) is 115 Å². The molecule has 378 valence electrons. The lowest BCUT2D eigenvalue weighted by Gasteiger charge is -2.61. The average Bonchev–Trinajstić information content (AvgIpc) is 4.04. The Balaban J connectivity index is 0.949. The molecule has 0 unspecified atom stereocenters. The van der Waals surface area contributed by atoms with Gasteiger partial charge in [0.2, 0.25) is 0 Å². The number of rotatable bonds is 4. The Morgan fingerprint density at radius 1 is 0.377 bits per heavy atom. The fourth-order valence-corrected chi connectivity index (χ4v) is 17.9. The third kappa shape index (κ3) is 5.96. The summed E-state index contributed by atoms with van der Waals surface area (Å²) in [5, 5.41) is 0. The first kappa shape index (κ1) is 45.9. The molecule has 0 saturated heterocycles. The van der Waals surface area contributed by atoms with Gasteiger partial charge in [-0.25, -0.2) is 0 Å². The third-order valence-corrected chi connectivity index (χ3v) is 21.0. The lowest BCUT2D eigenvalue weighted by atomic mass is 9.43. The van der Waals surface area contributed by atoms with Gasteiger partial charge in [0.1, 0.15) is 0 Å². The van der Waals surface area contributed by atoms with Gasteiger partial charge < -0.3 is 4.90 Å². The van der Waals surface area contributed by atoms with E-state index >= 15 is 0 Å². The van der Waals surface area contributed by atoms with Crippen LogP contribution in [0.5, 0.6) is 0 Å². The molecule has 0 heterocycles.